The Morgan fingerprint density at radius 1 is 1.22 bits per heavy atom. The summed E-state index contributed by atoms with van der Waals surface area (Å²) < 4.78 is 32.1. The molecular weight excluding hydrogens is 438 g/mol. The highest BCUT2D eigenvalue weighted by molar-refractivity contribution is 7.89. The van der Waals surface area contributed by atoms with Crippen LogP contribution in [-0.2, 0) is 19.6 Å². The number of sulfonamides is 1. The van der Waals surface area contributed by atoms with E-state index in [9.17, 15) is 23.1 Å². The highest BCUT2D eigenvalue weighted by atomic mass is 32.2. The molecule has 3 rings (SSSR count). The van der Waals surface area contributed by atoms with Crippen molar-refractivity contribution in [3.05, 3.63) is 38.6 Å². The fourth-order valence-corrected chi connectivity index (χ4v) is 5.25. The predicted molar refractivity (Wildman–Crippen MR) is 121 cm³/mol. The second-order valence-electron chi connectivity index (χ2n) is 7.71. The fraction of sp³-hybridized carbons (Fsp3) is 0.524. The van der Waals surface area contributed by atoms with Crippen molar-refractivity contribution in [1.82, 2.24) is 4.47 Å². The SMILES string of the molecule is CCC(Nc1c(Nc2cccc(S(=O)(=O)N(CC)OC)c2O)c(=O)c1=O)C1CC[C@@H](C)O1. The van der Waals surface area contributed by atoms with Crippen LogP contribution in [0.25, 0.3) is 0 Å². The quantitative estimate of drug-likeness (QED) is 0.273. The molecule has 32 heavy (non-hydrogen) atoms. The Morgan fingerprint density at radius 3 is 2.47 bits per heavy atom. The zero-order chi connectivity index (χ0) is 23.6. The fourth-order valence-electron chi connectivity index (χ4n) is 3.89. The number of ether oxygens (including phenoxy) is 1. The summed E-state index contributed by atoms with van der Waals surface area (Å²) in [6.07, 6.45) is 2.50. The van der Waals surface area contributed by atoms with Gasteiger partial charge in [-0.15, -0.1) is 0 Å². The molecule has 0 saturated carbocycles. The van der Waals surface area contributed by atoms with Crippen LogP contribution in [0, 0.1) is 0 Å². The number of hydrogen-bond acceptors (Lipinski definition) is 9. The second kappa shape index (κ2) is 9.57. The third-order valence-corrected chi connectivity index (χ3v) is 7.49. The van der Waals surface area contributed by atoms with Gasteiger partial charge < -0.3 is 20.5 Å². The summed E-state index contributed by atoms with van der Waals surface area (Å²) >= 11 is 0. The molecule has 2 aromatic carbocycles. The molecule has 2 unspecified atom stereocenters. The minimum Gasteiger partial charge on any atom is -0.504 e. The highest BCUT2D eigenvalue weighted by Crippen LogP contribution is 2.36. The molecule has 1 heterocycles. The van der Waals surface area contributed by atoms with Gasteiger partial charge in [-0.05, 0) is 45.2 Å². The first-order chi connectivity index (χ1) is 15.1. The number of phenols is 1. The van der Waals surface area contributed by atoms with Crippen LogP contribution < -0.4 is 21.5 Å². The molecule has 1 aliphatic heterocycles. The van der Waals surface area contributed by atoms with Crippen molar-refractivity contribution >= 4 is 27.1 Å². The minimum atomic E-state index is -4.13. The molecule has 1 saturated heterocycles. The molecule has 0 aromatic heterocycles. The van der Waals surface area contributed by atoms with Crippen LogP contribution in [0.5, 0.6) is 5.75 Å². The number of phenolic OH excluding ortho intramolecular Hbond substituents is 1. The number of hydrogen-bond donors (Lipinski definition) is 3. The average Bonchev–Trinajstić information content (AvgIpc) is 3.20. The van der Waals surface area contributed by atoms with E-state index in [0.717, 1.165) is 17.3 Å². The predicted octanol–water partition coefficient (Wildman–Crippen LogP) is 2.06. The molecule has 10 nitrogen and oxygen atoms in total. The second-order valence-corrected chi connectivity index (χ2v) is 9.51. The van der Waals surface area contributed by atoms with Crippen molar-refractivity contribution in [2.24, 2.45) is 0 Å². The molecule has 1 aliphatic rings. The maximum Gasteiger partial charge on any atom is 0.268 e. The van der Waals surface area contributed by atoms with Crippen molar-refractivity contribution < 1.29 is 23.1 Å². The third kappa shape index (κ3) is 4.38. The smallest absolute Gasteiger partial charge is 0.268 e. The van der Waals surface area contributed by atoms with Crippen molar-refractivity contribution in [3.63, 3.8) is 0 Å². The molecule has 0 spiro atoms. The average molecular weight is 468 g/mol. The lowest BCUT2D eigenvalue weighted by molar-refractivity contribution is -0.0443. The van der Waals surface area contributed by atoms with E-state index >= 15 is 0 Å². The number of nitrogens with one attached hydrogen (secondary N) is 2. The zero-order valence-electron chi connectivity index (χ0n) is 18.5. The van der Waals surface area contributed by atoms with Crippen LogP contribution in [0.15, 0.2) is 32.7 Å². The standard InChI is InChI=1S/C21H29N3O7S/c1-5-13(15-11-10-12(3)31-15)22-17-18(21(27)20(17)26)23-14-8-7-9-16(19(14)25)32(28,29)24(6-2)30-4/h7-9,12-13,15,22-23,25H,5-6,10-11H2,1-4H3/t12-,13?,15?/m1/s1. The molecule has 2 aromatic rings. The van der Waals surface area contributed by atoms with Gasteiger partial charge in [0.15, 0.2) is 5.75 Å². The van der Waals surface area contributed by atoms with E-state index in [1.54, 1.807) is 6.92 Å². The number of benzene rings is 1. The van der Waals surface area contributed by atoms with Crippen LogP contribution in [0.3, 0.4) is 0 Å². The van der Waals surface area contributed by atoms with Crippen LogP contribution >= 0.6 is 0 Å². The maximum absolute atomic E-state index is 12.7. The highest BCUT2D eigenvalue weighted by Gasteiger charge is 2.32. The summed E-state index contributed by atoms with van der Waals surface area (Å²) in [7, 11) is -2.93. The number of aromatic hydroxyl groups is 1. The van der Waals surface area contributed by atoms with E-state index in [1.807, 2.05) is 13.8 Å². The first-order valence-electron chi connectivity index (χ1n) is 10.6. The monoisotopic (exact) mass is 467 g/mol. The van der Waals surface area contributed by atoms with Gasteiger partial charge in [0.05, 0.1) is 31.0 Å². The van der Waals surface area contributed by atoms with Gasteiger partial charge in [-0.3, -0.25) is 14.4 Å². The van der Waals surface area contributed by atoms with Crippen LogP contribution in [-0.4, -0.2) is 49.9 Å². The summed E-state index contributed by atoms with van der Waals surface area (Å²) in [5.74, 6) is -0.581. The van der Waals surface area contributed by atoms with E-state index < -0.39 is 26.6 Å². The van der Waals surface area contributed by atoms with E-state index in [0.29, 0.717) is 6.42 Å². The van der Waals surface area contributed by atoms with Crippen molar-refractivity contribution in [2.45, 2.75) is 63.2 Å². The first kappa shape index (κ1) is 24.2. The molecule has 0 aliphatic carbocycles. The van der Waals surface area contributed by atoms with Gasteiger partial charge in [0.2, 0.25) is 0 Å². The Balaban J connectivity index is 1.89. The molecule has 0 bridgehead atoms. The molecule has 1 fully saturated rings. The molecule has 3 atom stereocenters. The minimum absolute atomic E-state index is 0.0211. The first-order valence-corrected chi connectivity index (χ1v) is 12.0. The third-order valence-electron chi connectivity index (χ3n) is 5.66. The number of rotatable bonds is 10. The maximum atomic E-state index is 12.7. The van der Waals surface area contributed by atoms with E-state index in [4.69, 9.17) is 9.57 Å². The van der Waals surface area contributed by atoms with Gasteiger partial charge in [-0.2, -0.15) is 0 Å². The van der Waals surface area contributed by atoms with Gasteiger partial charge in [0.25, 0.3) is 20.9 Å². The summed E-state index contributed by atoms with van der Waals surface area (Å²) in [6.45, 7) is 5.56. The largest absolute Gasteiger partial charge is 0.504 e. The Bertz CT molecular complexity index is 1140. The molecule has 11 heteroatoms. The van der Waals surface area contributed by atoms with Crippen molar-refractivity contribution in [3.8, 4) is 5.75 Å². The Kier molecular flexibility index (Phi) is 7.23. The van der Waals surface area contributed by atoms with Gasteiger partial charge in [0.1, 0.15) is 16.3 Å². The van der Waals surface area contributed by atoms with Crippen molar-refractivity contribution in [1.29, 1.82) is 0 Å². The number of hydroxylamine groups is 1. The lowest BCUT2D eigenvalue weighted by Gasteiger charge is -2.26. The lowest BCUT2D eigenvalue weighted by atomic mass is 10.0. The van der Waals surface area contributed by atoms with Gasteiger partial charge in [-0.1, -0.05) is 17.5 Å². The number of anilines is 3. The molecule has 0 amide bonds. The molecule has 0 radical (unpaired) electrons. The molecule has 3 N–H and O–H groups in total. The topological polar surface area (TPSA) is 134 Å². The van der Waals surface area contributed by atoms with Gasteiger partial charge >= 0.3 is 0 Å². The van der Waals surface area contributed by atoms with Crippen molar-refractivity contribution in [2.75, 3.05) is 24.3 Å². The van der Waals surface area contributed by atoms with Gasteiger partial charge in [-0.25, -0.2) is 8.42 Å². The Hall–Kier alpha value is -2.47. The summed E-state index contributed by atoms with van der Waals surface area (Å²) in [6, 6.07) is 3.89. The summed E-state index contributed by atoms with van der Waals surface area (Å²) in [5, 5.41) is 16.5. The zero-order valence-corrected chi connectivity index (χ0v) is 19.4. The van der Waals surface area contributed by atoms with E-state index in [1.165, 1.54) is 25.3 Å². The lowest BCUT2D eigenvalue weighted by Crippen LogP contribution is -2.42. The van der Waals surface area contributed by atoms with Crippen LogP contribution in [0.4, 0.5) is 17.1 Å². The normalized spacial score (nSPS) is 20.0. The van der Waals surface area contributed by atoms with Gasteiger partial charge in [0, 0.05) is 6.54 Å². The van der Waals surface area contributed by atoms with E-state index in [-0.39, 0.29) is 46.8 Å². The van der Waals surface area contributed by atoms with Crippen LogP contribution in [0.1, 0.15) is 40.0 Å². The number of para-hydroxylation sites is 1. The molecule has 176 valence electrons. The summed E-state index contributed by atoms with van der Waals surface area (Å²) in [4.78, 5) is 29.0. The van der Waals surface area contributed by atoms with E-state index in [2.05, 4.69) is 10.6 Å². The summed E-state index contributed by atoms with van der Waals surface area (Å²) in [5.41, 5.74) is -1.36. The number of nitrogens with zero attached hydrogens (tertiary/aromatic N) is 1. The Morgan fingerprint density at radius 2 is 1.91 bits per heavy atom. The molecular formula is C21H29N3O7S. The Labute approximate surface area is 186 Å². The van der Waals surface area contributed by atoms with Crippen LogP contribution in [0.2, 0.25) is 0 Å².